The summed E-state index contributed by atoms with van der Waals surface area (Å²) in [5.41, 5.74) is 1.52. The van der Waals surface area contributed by atoms with E-state index in [1.165, 1.54) is 30.0 Å². The van der Waals surface area contributed by atoms with E-state index < -0.39 is 17.6 Å². The molecule has 0 saturated carbocycles. The summed E-state index contributed by atoms with van der Waals surface area (Å²) >= 11 is 4.82. The topological polar surface area (TPSA) is 87.3 Å². The zero-order chi connectivity index (χ0) is 29.2. The number of nitrogens with one attached hydrogen (secondary N) is 3. The van der Waals surface area contributed by atoms with Crippen molar-refractivity contribution in [3.63, 3.8) is 0 Å². The van der Waals surface area contributed by atoms with E-state index in [-0.39, 0.29) is 22.4 Å². The minimum atomic E-state index is -0.626. The average molecular weight is 633 g/mol. The van der Waals surface area contributed by atoms with Crippen molar-refractivity contribution in [2.45, 2.75) is 23.5 Å². The molecule has 9 heteroatoms. The average Bonchev–Trinajstić information content (AvgIpc) is 2.98. The van der Waals surface area contributed by atoms with Crippen molar-refractivity contribution in [3.05, 3.63) is 130 Å². The second-order valence-corrected chi connectivity index (χ2v) is 11.0. The van der Waals surface area contributed by atoms with Crippen molar-refractivity contribution in [2.24, 2.45) is 0 Å². The minimum Gasteiger partial charge on any atom is -0.324 e. The molecule has 0 saturated heterocycles. The Hall–Kier alpha value is -4.21. The highest BCUT2D eigenvalue weighted by Crippen LogP contribution is 2.30. The molecule has 0 spiro atoms. The number of hydrogen-bond acceptors (Lipinski definition) is 4. The van der Waals surface area contributed by atoms with Crippen LogP contribution >= 0.6 is 27.7 Å². The van der Waals surface area contributed by atoms with Gasteiger partial charge in [-0.25, -0.2) is 4.39 Å². The lowest BCUT2D eigenvalue weighted by molar-refractivity contribution is -0.116. The monoisotopic (exact) mass is 631 g/mol. The van der Waals surface area contributed by atoms with E-state index in [0.717, 1.165) is 9.37 Å². The van der Waals surface area contributed by atoms with Gasteiger partial charge in [-0.3, -0.25) is 14.4 Å². The fourth-order valence-corrected chi connectivity index (χ4v) is 5.20. The third-order valence-electron chi connectivity index (χ3n) is 5.90. The molecule has 0 aromatic heterocycles. The Morgan fingerprint density at radius 1 is 0.878 bits per heavy atom. The molecule has 6 nitrogen and oxygen atoms in total. The van der Waals surface area contributed by atoms with Gasteiger partial charge >= 0.3 is 0 Å². The Morgan fingerprint density at radius 3 is 2.32 bits per heavy atom. The number of benzene rings is 4. The van der Waals surface area contributed by atoms with Crippen LogP contribution in [-0.4, -0.2) is 23.0 Å². The fourth-order valence-electron chi connectivity index (χ4n) is 3.80. The highest BCUT2D eigenvalue weighted by Gasteiger charge is 2.20. The maximum atomic E-state index is 14.4. The van der Waals surface area contributed by atoms with Gasteiger partial charge in [0.05, 0.1) is 10.9 Å². The van der Waals surface area contributed by atoms with E-state index in [0.29, 0.717) is 23.4 Å². The SMILES string of the molecule is CCC(Sc1cccc(NC(=O)/C(=C/c2ccccc2F)NC(=O)c2ccccc2)c1)C(=O)Nc1ccccc1Br. The lowest BCUT2D eigenvalue weighted by Gasteiger charge is -2.16. The zero-order valence-corrected chi connectivity index (χ0v) is 24.5. The number of rotatable bonds is 10. The molecular formula is C32H27BrFN3O3S. The molecule has 0 aliphatic heterocycles. The van der Waals surface area contributed by atoms with Crippen molar-refractivity contribution in [1.82, 2.24) is 5.32 Å². The summed E-state index contributed by atoms with van der Waals surface area (Å²) in [5, 5.41) is 7.96. The maximum Gasteiger partial charge on any atom is 0.272 e. The number of anilines is 2. The molecular weight excluding hydrogens is 605 g/mol. The summed E-state index contributed by atoms with van der Waals surface area (Å²) in [5.74, 6) is -1.80. The van der Waals surface area contributed by atoms with Crippen LogP contribution in [0.2, 0.25) is 0 Å². The summed E-state index contributed by atoms with van der Waals surface area (Å²) in [6.45, 7) is 1.93. The third-order valence-corrected chi connectivity index (χ3v) is 7.95. The highest BCUT2D eigenvalue weighted by atomic mass is 79.9. The quantitative estimate of drug-likeness (QED) is 0.125. The number of para-hydroxylation sites is 1. The summed E-state index contributed by atoms with van der Waals surface area (Å²) in [4.78, 5) is 39.9. The van der Waals surface area contributed by atoms with Gasteiger partial charge in [0, 0.05) is 26.2 Å². The molecule has 0 bridgehead atoms. The normalized spacial score (nSPS) is 11.8. The van der Waals surface area contributed by atoms with E-state index in [4.69, 9.17) is 0 Å². The van der Waals surface area contributed by atoms with E-state index in [1.807, 2.05) is 37.3 Å². The van der Waals surface area contributed by atoms with Gasteiger partial charge in [-0.05, 0) is 77.0 Å². The van der Waals surface area contributed by atoms with Crippen molar-refractivity contribution in [2.75, 3.05) is 10.6 Å². The van der Waals surface area contributed by atoms with Crippen molar-refractivity contribution >= 4 is 62.9 Å². The largest absolute Gasteiger partial charge is 0.324 e. The predicted octanol–water partition coefficient (Wildman–Crippen LogP) is 7.51. The fraction of sp³-hybridized carbons (Fsp3) is 0.0938. The van der Waals surface area contributed by atoms with Gasteiger partial charge in [0.2, 0.25) is 5.91 Å². The molecule has 208 valence electrons. The summed E-state index contributed by atoms with van der Waals surface area (Å²) < 4.78 is 15.2. The first-order valence-corrected chi connectivity index (χ1v) is 14.5. The molecule has 0 fully saturated rings. The first-order chi connectivity index (χ1) is 19.8. The van der Waals surface area contributed by atoms with E-state index in [2.05, 4.69) is 31.9 Å². The number of thioether (sulfide) groups is 1. The van der Waals surface area contributed by atoms with Crippen LogP contribution in [0.1, 0.15) is 29.3 Å². The van der Waals surface area contributed by atoms with Gasteiger partial charge in [0.15, 0.2) is 0 Å². The molecule has 4 aromatic rings. The van der Waals surface area contributed by atoms with Gasteiger partial charge in [-0.15, -0.1) is 11.8 Å². The number of halogens is 2. The molecule has 0 heterocycles. The molecule has 3 amide bonds. The summed E-state index contributed by atoms with van der Waals surface area (Å²) in [7, 11) is 0. The van der Waals surface area contributed by atoms with Crippen LogP contribution in [0.5, 0.6) is 0 Å². The van der Waals surface area contributed by atoms with Gasteiger partial charge in [0.1, 0.15) is 11.5 Å². The molecule has 41 heavy (non-hydrogen) atoms. The van der Waals surface area contributed by atoms with Crippen LogP contribution in [0.4, 0.5) is 15.8 Å². The maximum absolute atomic E-state index is 14.4. The van der Waals surface area contributed by atoms with Crippen LogP contribution in [0.25, 0.3) is 6.08 Å². The first-order valence-electron chi connectivity index (χ1n) is 12.8. The van der Waals surface area contributed by atoms with E-state index in [9.17, 15) is 18.8 Å². The van der Waals surface area contributed by atoms with Crippen LogP contribution in [-0.2, 0) is 9.59 Å². The zero-order valence-electron chi connectivity index (χ0n) is 22.1. The van der Waals surface area contributed by atoms with Gasteiger partial charge in [0.25, 0.3) is 11.8 Å². The van der Waals surface area contributed by atoms with Gasteiger partial charge in [-0.1, -0.05) is 61.5 Å². The van der Waals surface area contributed by atoms with Gasteiger partial charge < -0.3 is 16.0 Å². The van der Waals surface area contributed by atoms with E-state index in [1.54, 1.807) is 60.7 Å². The Bertz CT molecular complexity index is 1580. The van der Waals surface area contributed by atoms with E-state index >= 15 is 0 Å². The van der Waals surface area contributed by atoms with Crippen molar-refractivity contribution in [1.29, 1.82) is 0 Å². The number of amides is 3. The summed E-state index contributed by atoms with van der Waals surface area (Å²) in [6, 6.07) is 28.8. The van der Waals surface area contributed by atoms with Crippen molar-refractivity contribution in [3.8, 4) is 0 Å². The molecule has 4 aromatic carbocycles. The number of hydrogen-bond donors (Lipinski definition) is 3. The Labute approximate surface area is 250 Å². The number of carbonyl (C=O) groups excluding carboxylic acids is 3. The Morgan fingerprint density at radius 2 is 1.59 bits per heavy atom. The lowest BCUT2D eigenvalue weighted by atomic mass is 10.1. The third kappa shape index (κ3) is 8.39. The van der Waals surface area contributed by atoms with Crippen LogP contribution in [0.3, 0.4) is 0 Å². The molecule has 1 unspecified atom stereocenters. The lowest BCUT2D eigenvalue weighted by Crippen LogP contribution is -2.30. The molecule has 4 rings (SSSR count). The standard InChI is InChI=1S/C32H27BrFN3O3S/c1-2-29(32(40)36-27-18-9-7-16-25(27)33)41-24-15-10-14-23(20-24)35-31(39)28(19-22-13-6-8-17-26(22)34)37-30(38)21-11-4-3-5-12-21/h3-20,29H,2H2,1H3,(H,35,39)(H,36,40)(H,37,38)/b28-19-. The second-order valence-electron chi connectivity index (χ2n) is 8.87. The van der Waals surface area contributed by atoms with Gasteiger partial charge in [-0.2, -0.15) is 0 Å². The smallest absolute Gasteiger partial charge is 0.272 e. The Kier molecular flexibility index (Phi) is 10.5. The Balaban J connectivity index is 1.51. The first kappa shape index (κ1) is 29.8. The highest BCUT2D eigenvalue weighted by molar-refractivity contribution is 9.10. The molecule has 3 N–H and O–H groups in total. The minimum absolute atomic E-state index is 0.124. The summed E-state index contributed by atoms with van der Waals surface area (Å²) in [6.07, 6.45) is 1.88. The van der Waals surface area contributed by atoms with Crippen molar-refractivity contribution < 1.29 is 18.8 Å². The van der Waals surface area contributed by atoms with Crippen LogP contribution in [0.15, 0.2) is 118 Å². The molecule has 0 radical (unpaired) electrons. The second kappa shape index (κ2) is 14.4. The molecule has 0 aliphatic carbocycles. The molecule has 1 atom stereocenters. The molecule has 0 aliphatic rings. The predicted molar refractivity (Wildman–Crippen MR) is 166 cm³/mol. The number of carbonyl (C=O) groups is 3. The van der Waals surface area contributed by atoms with Crippen LogP contribution < -0.4 is 16.0 Å². The van der Waals surface area contributed by atoms with Crippen LogP contribution in [0, 0.1) is 5.82 Å².